The Balaban J connectivity index is 0.00000304. The minimum absolute atomic E-state index is 0. The predicted octanol–water partition coefficient (Wildman–Crippen LogP) is 4.20. The molecule has 1 saturated heterocycles. The van der Waals surface area contributed by atoms with Crippen molar-refractivity contribution in [1.82, 2.24) is 30.0 Å². The van der Waals surface area contributed by atoms with Crippen LogP contribution in [-0.2, 0) is 6.54 Å². The van der Waals surface area contributed by atoms with E-state index < -0.39 is 0 Å². The first-order chi connectivity index (χ1) is 17.3. The highest BCUT2D eigenvalue weighted by atomic mass is 35.5. The zero-order valence-corrected chi connectivity index (χ0v) is 22.1. The Bertz CT molecular complexity index is 1080. The van der Waals surface area contributed by atoms with E-state index >= 15 is 0 Å². The summed E-state index contributed by atoms with van der Waals surface area (Å²) in [5.41, 5.74) is 2.20. The van der Waals surface area contributed by atoms with Crippen molar-refractivity contribution in [1.29, 1.82) is 0 Å². The van der Waals surface area contributed by atoms with Gasteiger partial charge in [-0.1, -0.05) is 49.6 Å². The zero-order chi connectivity index (χ0) is 24.0. The van der Waals surface area contributed by atoms with Crippen LogP contribution in [0.2, 0.25) is 0 Å². The third-order valence-electron chi connectivity index (χ3n) is 7.52. The van der Waals surface area contributed by atoms with Crippen molar-refractivity contribution in [3.05, 3.63) is 65.5 Å². The molecule has 0 radical (unpaired) electrons. The van der Waals surface area contributed by atoms with E-state index in [1.807, 2.05) is 35.0 Å². The van der Waals surface area contributed by atoms with Gasteiger partial charge in [0.05, 0.1) is 20.8 Å². The number of piperazine rings is 1. The number of tetrazole rings is 1. The van der Waals surface area contributed by atoms with Gasteiger partial charge in [0.15, 0.2) is 5.82 Å². The van der Waals surface area contributed by atoms with E-state index in [1.54, 1.807) is 14.2 Å². The number of methoxy groups -OCH3 is 2. The van der Waals surface area contributed by atoms with Gasteiger partial charge in [-0.05, 0) is 47.0 Å². The highest BCUT2D eigenvalue weighted by molar-refractivity contribution is 5.85. The van der Waals surface area contributed by atoms with E-state index in [0.29, 0.717) is 6.54 Å². The third kappa shape index (κ3) is 5.82. The van der Waals surface area contributed by atoms with E-state index in [4.69, 9.17) is 9.47 Å². The molecule has 36 heavy (non-hydrogen) atoms. The van der Waals surface area contributed by atoms with E-state index in [1.165, 1.54) is 37.7 Å². The Labute approximate surface area is 220 Å². The topological polar surface area (TPSA) is 68.5 Å². The van der Waals surface area contributed by atoms with Gasteiger partial charge in [-0.2, -0.15) is 0 Å². The van der Waals surface area contributed by atoms with Crippen molar-refractivity contribution in [3.8, 4) is 11.5 Å². The lowest BCUT2D eigenvalue weighted by Crippen LogP contribution is -2.52. The molecule has 8 nitrogen and oxygen atoms in total. The van der Waals surface area contributed by atoms with Gasteiger partial charge in [0.1, 0.15) is 17.5 Å². The Kier molecular flexibility index (Phi) is 9.18. The van der Waals surface area contributed by atoms with Crippen LogP contribution in [0, 0.1) is 0 Å². The molecule has 1 aliphatic heterocycles. The molecule has 5 rings (SSSR count). The monoisotopic (exact) mass is 512 g/mol. The lowest BCUT2D eigenvalue weighted by molar-refractivity contribution is 0.0615. The van der Waals surface area contributed by atoms with Crippen LogP contribution in [0.5, 0.6) is 11.5 Å². The molecule has 9 heteroatoms. The number of ether oxygens (including phenoxy) is 2. The summed E-state index contributed by atoms with van der Waals surface area (Å²) in [6.45, 7) is 4.66. The second-order valence-electron chi connectivity index (χ2n) is 9.55. The van der Waals surface area contributed by atoms with Gasteiger partial charge >= 0.3 is 0 Å². The smallest absolute Gasteiger partial charge is 0.173 e. The molecule has 1 saturated carbocycles. The van der Waals surface area contributed by atoms with Crippen molar-refractivity contribution in [2.75, 3.05) is 40.4 Å². The maximum absolute atomic E-state index is 5.82. The lowest BCUT2D eigenvalue weighted by atomic mass is 9.93. The fourth-order valence-electron chi connectivity index (χ4n) is 5.64. The van der Waals surface area contributed by atoms with Crippen LogP contribution in [0.4, 0.5) is 0 Å². The quantitative estimate of drug-likeness (QED) is 0.448. The summed E-state index contributed by atoms with van der Waals surface area (Å²) in [5, 5.41) is 13.0. The molecule has 1 atom stereocenters. The van der Waals surface area contributed by atoms with Crippen LogP contribution >= 0.6 is 12.4 Å². The second-order valence-corrected chi connectivity index (χ2v) is 9.55. The van der Waals surface area contributed by atoms with Gasteiger partial charge in [0.2, 0.25) is 0 Å². The molecule has 2 aliphatic rings. The van der Waals surface area contributed by atoms with Crippen molar-refractivity contribution < 1.29 is 9.47 Å². The molecule has 0 N–H and O–H groups in total. The number of rotatable bonds is 8. The van der Waals surface area contributed by atoms with Gasteiger partial charge < -0.3 is 9.47 Å². The molecule has 2 aromatic carbocycles. The number of hydrogen-bond acceptors (Lipinski definition) is 7. The second kappa shape index (κ2) is 12.5. The SMILES string of the molecule is COc1ccc(OC)c(C(c2nnnn2Cc2ccccc2)N2CCN(C3CCCCC3)CC2)c1.Cl. The molecule has 1 unspecified atom stereocenters. The largest absolute Gasteiger partial charge is 0.497 e. The highest BCUT2D eigenvalue weighted by Gasteiger charge is 2.34. The van der Waals surface area contributed by atoms with Crippen LogP contribution in [0.1, 0.15) is 55.1 Å². The maximum atomic E-state index is 5.82. The molecule has 2 fully saturated rings. The molecule has 1 aromatic heterocycles. The van der Waals surface area contributed by atoms with Crippen molar-refractivity contribution in [2.24, 2.45) is 0 Å². The van der Waals surface area contributed by atoms with E-state index in [9.17, 15) is 0 Å². The number of benzene rings is 2. The van der Waals surface area contributed by atoms with Crippen LogP contribution in [0.15, 0.2) is 48.5 Å². The molecule has 0 bridgehead atoms. The first kappa shape index (κ1) is 26.4. The molecule has 1 aliphatic carbocycles. The van der Waals surface area contributed by atoms with Gasteiger partial charge in [-0.25, -0.2) is 4.68 Å². The summed E-state index contributed by atoms with van der Waals surface area (Å²) in [4.78, 5) is 5.20. The van der Waals surface area contributed by atoms with Gasteiger partial charge in [-0.3, -0.25) is 9.80 Å². The highest BCUT2D eigenvalue weighted by Crippen LogP contribution is 2.37. The molecule has 0 spiro atoms. The summed E-state index contributed by atoms with van der Waals surface area (Å²) < 4.78 is 13.3. The lowest BCUT2D eigenvalue weighted by Gasteiger charge is -2.43. The molecule has 3 aromatic rings. The van der Waals surface area contributed by atoms with E-state index in [-0.39, 0.29) is 18.4 Å². The molecule has 0 amide bonds. The number of halogens is 1. The predicted molar refractivity (Wildman–Crippen MR) is 142 cm³/mol. The van der Waals surface area contributed by atoms with Crippen LogP contribution in [0.3, 0.4) is 0 Å². The van der Waals surface area contributed by atoms with Crippen LogP contribution < -0.4 is 9.47 Å². The van der Waals surface area contributed by atoms with E-state index in [0.717, 1.165) is 55.1 Å². The number of nitrogens with zero attached hydrogens (tertiary/aromatic N) is 6. The zero-order valence-electron chi connectivity index (χ0n) is 21.3. The number of aromatic nitrogens is 4. The Morgan fingerprint density at radius 1 is 0.917 bits per heavy atom. The average Bonchev–Trinajstić information content (AvgIpc) is 3.37. The summed E-state index contributed by atoms with van der Waals surface area (Å²) >= 11 is 0. The Morgan fingerprint density at radius 3 is 2.36 bits per heavy atom. The molecule has 194 valence electrons. The summed E-state index contributed by atoms with van der Waals surface area (Å²) in [6, 6.07) is 16.9. The van der Waals surface area contributed by atoms with Crippen molar-refractivity contribution >= 4 is 12.4 Å². The summed E-state index contributed by atoms with van der Waals surface area (Å²) in [5.74, 6) is 2.44. The summed E-state index contributed by atoms with van der Waals surface area (Å²) in [7, 11) is 3.42. The number of hydrogen-bond donors (Lipinski definition) is 0. The maximum Gasteiger partial charge on any atom is 0.173 e. The van der Waals surface area contributed by atoms with Crippen molar-refractivity contribution in [2.45, 2.75) is 50.7 Å². The molecular formula is C27H37ClN6O2. The minimum Gasteiger partial charge on any atom is -0.497 e. The Morgan fingerprint density at radius 2 is 1.67 bits per heavy atom. The standard InChI is InChI=1S/C27H36N6O2.ClH/c1-34-23-13-14-25(35-2)24(19-23)26(27-28-29-30-33(27)20-21-9-5-3-6-10-21)32-17-15-31(16-18-32)22-11-7-4-8-12-22;/h3,5-6,9-10,13-14,19,22,26H,4,7-8,11-12,15-18,20H2,1-2H3;1H. The van der Waals surface area contributed by atoms with Gasteiger partial charge in [-0.15, -0.1) is 17.5 Å². The fourth-order valence-corrected chi connectivity index (χ4v) is 5.64. The van der Waals surface area contributed by atoms with Crippen molar-refractivity contribution in [3.63, 3.8) is 0 Å². The summed E-state index contributed by atoms with van der Waals surface area (Å²) in [6.07, 6.45) is 6.79. The van der Waals surface area contributed by atoms with Gasteiger partial charge in [0.25, 0.3) is 0 Å². The van der Waals surface area contributed by atoms with Crippen LogP contribution in [0.25, 0.3) is 0 Å². The first-order valence-electron chi connectivity index (χ1n) is 12.8. The fraction of sp³-hybridized carbons (Fsp3) is 0.519. The van der Waals surface area contributed by atoms with Crippen LogP contribution in [-0.4, -0.2) is 76.4 Å². The normalized spacial score (nSPS) is 18.4. The average molecular weight is 513 g/mol. The minimum atomic E-state index is -0.132. The Hall–Kier alpha value is -2.68. The third-order valence-corrected chi connectivity index (χ3v) is 7.52. The first-order valence-corrected chi connectivity index (χ1v) is 12.8. The molecular weight excluding hydrogens is 476 g/mol. The molecule has 2 heterocycles. The van der Waals surface area contributed by atoms with Gasteiger partial charge in [0, 0.05) is 37.8 Å². The van der Waals surface area contributed by atoms with E-state index in [2.05, 4.69) is 43.5 Å².